The summed E-state index contributed by atoms with van der Waals surface area (Å²) in [6.45, 7) is 2.48. The van der Waals surface area contributed by atoms with Gasteiger partial charge >= 0.3 is 5.91 Å². The minimum atomic E-state index is -0.568. The van der Waals surface area contributed by atoms with Crippen LogP contribution in [-0.4, -0.2) is 17.0 Å². The number of non-ortho nitro benzene ring substituents is 1. The summed E-state index contributed by atoms with van der Waals surface area (Å²) in [4.78, 5) is 22.8. The quantitative estimate of drug-likeness (QED) is 0.110. The van der Waals surface area contributed by atoms with Crippen LogP contribution in [0.1, 0.15) is 27.2 Å². The van der Waals surface area contributed by atoms with Crippen LogP contribution in [-0.2, 0) is 6.61 Å². The maximum atomic E-state index is 12.4. The predicted octanol–water partition coefficient (Wildman–Crippen LogP) is 6.36. The summed E-state index contributed by atoms with van der Waals surface area (Å²) >= 11 is 5.72. The van der Waals surface area contributed by atoms with Gasteiger partial charge < -0.3 is 9.15 Å². The molecule has 4 aromatic rings. The number of halogens is 2. The number of nitrogens with zero attached hydrogens (tertiary/aromatic N) is 2. The van der Waals surface area contributed by atoms with Crippen molar-refractivity contribution in [1.29, 1.82) is 0 Å². The van der Waals surface area contributed by atoms with Crippen molar-refractivity contribution in [1.82, 2.24) is 5.43 Å². The average Bonchev–Trinajstić information content (AvgIpc) is 3.22. The van der Waals surface area contributed by atoms with Crippen LogP contribution >= 0.6 is 38.5 Å². The number of nitrogens with one attached hydrogen (secondary N) is 1. The van der Waals surface area contributed by atoms with Gasteiger partial charge in [-0.3, -0.25) is 14.9 Å². The van der Waals surface area contributed by atoms with Crippen LogP contribution < -0.4 is 10.2 Å². The molecule has 0 bridgehead atoms. The monoisotopic (exact) mass is 633 g/mol. The molecule has 1 N–H and O–H groups in total. The fourth-order valence-electron chi connectivity index (χ4n) is 3.23. The summed E-state index contributed by atoms with van der Waals surface area (Å²) in [6, 6.07) is 17.4. The second-order valence-electron chi connectivity index (χ2n) is 7.38. The molecule has 8 nitrogen and oxygen atoms in total. The maximum Gasteiger partial charge on any atom is 0.307 e. The number of amides is 1. The largest absolute Gasteiger partial charge is 0.487 e. The molecule has 0 atom stereocenters. The number of rotatable bonds is 7. The molecule has 1 amide bonds. The number of benzene rings is 3. The van der Waals surface area contributed by atoms with E-state index in [1.165, 1.54) is 36.0 Å². The van der Waals surface area contributed by atoms with Crippen LogP contribution in [0.15, 0.2) is 74.7 Å². The molecular weight excluding hydrogens is 617 g/mol. The summed E-state index contributed by atoms with van der Waals surface area (Å²) in [5.74, 6) is 0.157. The number of hydrazone groups is 1. The number of aryl methyl sites for hydroxylation is 1. The number of carbonyl (C=O) groups excluding carboxylic acids is 1. The van der Waals surface area contributed by atoms with Gasteiger partial charge in [0, 0.05) is 17.5 Å². The molecule has 0 spiro atoms. The Kier molecular flexibility index (Phi) is 7.27. The molecular formula is C24H17BrIN3O5. The Morgan fingerprint density at radius 2 is 2.06 bits per heavy atom. The highest BCUT2D eigenvalue weighted by molar-refractivity contribution is 14.1. The number of fused-ring (bicyclic) bond motifs is 1. The van der Waals surface area contributed by atoms with Gasteiger partial charge in [0.25, 0.3) is 5.69 Å². The van der Waals surface area contributed by atoms with Gasteiger partial charge in [-0.05, 0) is 80.8 Å². The fraction of sp³-hybridized carbons (Fsp3) is 0.0833. The molecule has 34 heavy (non-hydrogen) atoms. The zero-order valence-corrected chi connectivity index (χ0v) is 21.5. The van der Waals surface area contributed by atoms with Crippen molar-refractivity contribution in [3.63, 3.8) is 0 Å². The van der Waals surface area contributed by atoms with E-state index in [1.54, 1.807) is 0 Å². The van der Waals surface area contributed by atoms with Crippen molar-refractivity contribution in [2.24, 2.45) is 5.10 Å². The van der Waals surface area contributed by atoms with Gasteiger partial charge in [-0.2, -0.15) is 5.10 Å². The smallest absolute Gasteiger partial charge is 0.307 e. The first-order chi connectivity index (χ1) is 16.3. The van der Waals surface area contributed by atoms with E-state index in [-0.39, 0.29) is 11.4 Å². The van der Waals surface area contributed by atoms with Crippen LogP contribution in [0.25, 0.3) is 11.0 Å². The fourth-order valence-corrected chi connectivity index (χ4v) is 4.99. The first kappa shape index (κ1) is 23.9. The van der Waals surface area contributed by atoms with Gasteiger partial charge in [0.1, 0.15) is 17.9 Å². The van der Waals surface area contributed by atoms with E-state index in [4.69, 9.17) is 9.15 Å². The molecule has 4 rings (SSSR count). The lowest BCUT2D eigenvalue weighted by atomic mass is 10.1. The third-order valence-electron chi connectivity index (χ3n) is 4.80. The number of hydrogen-bond acceptors (Lipinski definition) is 6. The Morgan fingerprint density at radius 3 is 2.79 bits per heavy atom. The van der Waals surface area contributed by atoms with Crippen molar-refractivity contribution in [3.8, 4) is 5.75 Å². The lowest BCUT2D eigenvalue weighted by molar-refractivity contribution is -0.384. The molecule has 0 aliphatic heterocycles. The highest BCUT2D eigenvalue weighted by atomic mass is 127. The van der Waals surface area contributed by atoms with Gasteiger partial charge in [0.15, 0.2) is 5.76 Å². The SMILES string of the molecule is Cc1cccc(COc2c(Br)cc(/C=N/NC(=O)c3cc4cc([N+](=O)[O-])ccc4o3)cc2I)c1. The van der Waals surface area contributed by atoms with Crippen molar-refractivity contribution in [3.05, 3.63) is 101 Å². The van der Waals surface area contributed by atoms with Gasteiger partial charge in [-0.25, -0.2) is 5.43 Å². The zero-order chi connectivity index (χ0) is 24.2. The Morgan fingerprint density at radius 1 is 1.24 bits per heavy atom. The molecule has 0 aliphatic rings. The van der Waals surface area contributed by atoms with Crippen molar-refractivity contribution >= 4 is 67.3 Å². The molecule has 1 aromatic heterocycles. The maximum absolute atomic E-state index is 12.4. The molecule has 0 saturated carbocycles. The number of carbonyl (C=O) groups is 1. The minimum absolute atomic E-state index is 0.00306. The molecule has 10 heteroatoms. The van der Waals surface area contributed by atoms with Gasteiger partial charge in [-0.1, -0.05) is 29.8 Å². The van der Waals surface area contributed by atoms with Crippen LogP contribution in [0.3, 0.4) is 0 Å². The lowest BCUT2D eigenvalue weighted by Gasteiger charge is -2.11. The molecule has 1 heterocycles. The number of furan rings is 1. The summed E-state index contributed by atoms with van der Waals surface area (Å²) < 4.78 is 13.1. The third-order valence-corrected chi connectivity index (χ3v) is 6.19. The normalized spacial score (nSPS) is 11.1. The summed E-state index contributed by atoms with van der Waals surface area (Å²) in [6.07, 6.45) is 1.50. The van der Waals surface area contributed by atoms with E-state index in [0.717, 1.165) is 24.9 Å². The molecule has 3 aromatic carbocycles. The number of nitro groups is 1. The van der Waals surface area contributed by atoms with E-state index in [1.807, 2.05) is 37.3 Å². The zero-order valence-electron chi connectivity index (χ0n) is 17.7. The molecule has 0 aliphatic carbocycles. The highest BCUT2D eigenvalue weighted by Crippen LogP contribution is 2.32. The van der Waals surface area contributed by atoms with Crippen molar-refractivity contribution < 1.29 is 18.9 Å². The number of ether oxygens (including phenoxy) is 1. The molecule has 0 radical (unpaired) electrons. The lowest BCUT2D eigenvalue weighted by Crippen LogP contribution is -2.16. The Balaban J connectivity index is 1.41. The van der Waals surface area contributed by atoms with E-state index in [0.29, 0.717) is 17.6 Å². The van der Waals surface area contributed by atoms with Crippen LogP contribution in [0, 0.1) is 20.6 Å². The van der Waals surface area contributed by atoms with E-state index < -0.39 is 10.8 Å². The van der Waals surface area contributed by atoms with Crippen LogP contribution in [0.4, 0.5) is 5.69 Å². The van der Waals surface area contributed by atoms with Crippen molar-refractivity contribution in [2.75, 3.05) is 0 Å². The predicted molar refractivity (Wildman–Crippen MR) is 140 cm³/mol. The van der Waals surface area contributed by atoms with E-state index >= 15 is 0 Å². The first-order valence-corrected chi connectivity index (χ1v) is 11.9. The van der Waals surface area contributed by atoms with E-state index in [2.05, 4.69) is 55.1 Å². The van der Waals surface area contributed by atoms with Gasteiger partial charge in [-0.15, -0.1) is 0 Å². The molecule has 172 valence electrons. The summed E-state index contributed by atoms with van der Waals surface area (Å²) in [5, 5.41) is 15.4. The summed E-state index contributed by atoms with van der Waals surface area (Å²) in [5.41, 5.74) is 5.70. The third kappa shape index (κ3) is 5.62. The standard InChI is InChI=1S/C24H17BrIN3O5/c1-14-3-2-4-15(7-14)13-33-23-19(25)8-16(9-20(23)26)12-27-28-24(30)22-11-17-10-18(29(31)32)5-6-21(17)34-22/h2-12H,13H2,1H3,(H,28,30)/b27-12+. The Labute approximate surface area is 216 Å². The van der Waals surface area contributed by atoms with Gasteiger partial charge in [0.2, 0.25) is 0 Å². The highest BCUT2D eigenvalue weighted by Gasteiger charge is 2.15. The molecule has 0 saturated heterocycles. The van der Waals surface area contributed by atoms with E-state index in [9.17, 15) is 14.9 Å². The summed E-state index contributed by atoms with van der Waals surface area (Å²) in [7, 11) is 0. The number of nitro benzene ring substituents is 1. The second-order valence-corrected chi connectivity index (χ2v) is 9.40. The van der Waals surface area contributed by atoms with Gasteiger partial charge in [0.05, 0.1) is 19.2 Å². The van der Waals surface area contributed by atoms with Crippen LogP contribution in [0.5, 0.6) is 5.75 Å². The van der Waals surface area contributed by atoms with Crippen LogP contribution in [0.2, 0.25) is 0 Å². The minimum Gasteiger partial charge on any atom is -0.487 e. The Hall–Kier alpha value is -3.25. The average molecular weight is 634 g/mol. The molecule has 0 unspecified atom stereocenters. The topological polar surface area (TPSA) is 107 Å². The molecule has 0 fully saturated rings. The first-order valence-electron chi connectivity index (χ1n) is 9.99. The second kappa shape index (κ2) is 10.3. The Bertz CT molecular complexity index is 1410. The van der Waals surface area contributed by atoms with Crippen molar-refractivity contribution in [2.45, 2.75) is 13.5 Å². The number of hydrogen-bond donors (Lipinski definition) is 1.